The lowest BCUT2D eigenvalue weighted by Crippen LogP contribution is -2.40. The van der Waals surface area contributed by atoms with Crippen LogP contribution in [-0.4, -0.2) is 56.9 Å². The van der Waals surface area contributed by atoms with Crippen LogP contribution in [0.25, 0.3) is 16.7 Å². The van der Waals surface area contributed by atoms with Crippen molar-refractivity contribution in [1.29, 1.82) is 0 Å². The second-order valence-corrected chi connectivity index (χ2v) is 7.31. The number of nitrogens with one attached hydrogen (secondary N) is 1. The van der Waals surface area contributed by atoms with E-state index in [1.807, 2.05) is 59.5 Å². The highest BCUT2D eigenvalue weighted by molar-refractivity contribution is 5.94. The molecule has 5 rings (SSSR count). The van der Waals surface area contributed by atoms with Gasteiger partial charge in [-0.05, 0) is 29.8 Å². The molecule has 1 fully saturated rings. The lowest BCUT2D eigenvalue weighted by atomic mass is 10.1. The van der Waals surface area contributed by atoms with Gasteiger partial charge in [-0.25, -0.2) is 14.6 Å². The zero-order valence-electron chi connectivity index (χ0n) is 16.9. The third-order valence-electron chi connectivity index (χ3n) is 5.30. The number of para-hydroxylation sites is 1. The van der Waals surface area contributed by atoms with Crippen molar-refractivity contribution in [3.8, 4) is 5.69 Å². The van der Waals surface area contributed by atoms with Crippen LogP contribution in [0.15, 0.2) is 67.1 Å². The first-order chi connectivity index (χ1) is 15.3. The molecule has 0 atom stereocenters. The number of hydrogen-bond donors (Lipinski definition) is 1. The third-order valence-corrected chi connectivity index (χ3v) is 5.30. The minimum atomic E-state index is 0.0405. The smallest absolute Gasteiger partial charge is 0.254 e. The van der Waals surface area contributed by atoms with E-state index in [1.165, 1.54) is 6.33 Å². The molecule has 2 aromatic carbocycles. The molecule has 0 aliphatic carbocycles. The van der Waals surface area contributed by atoms with Crippen LogP contribution in [0.4, 0.5) is 5.82 Å². The van der Waals surface area contributed by atoms with Crippen LogP contribution in [0.3, 0.4) is 0 Å². The summed E-state index contributed by atoms with van der Waals surface area (Å²) in [6.07, 6.45) is 3.30. The van der Waals surface area contributed by atoms with Gasteiger partial charge in [0, 0.05) is 25.2 Å². The van der Waals surface area contributed by atoms with Crippen molar-refractivity contribution in [1.82, 2.24) is 24.6 Å². The zero-order valence-corrected chi connectivity index (χ0v) is 16.9. The molecule has 8 nitrogen and oxygen atoms in total. The fourth-order valence-corrected chi connectivity index (χ4v) is 3.69. The Morgan fingerprint density at radius 3 is 2.71 bits per heavy atom. The average Bonchev–Trinajstić information content (AvgIpc) is 3.28. The number of benzene rings is 2. The van der Waals surface area contributed by atoms with Crippen molar-refractivity contribution >= 4 is 22.8 Å². The molecule has 31 heavy (non-hydrogen) atoms. The molecule has 0 bridgehead atoms. The highest BCUT2D eigenvalue weighted by atomic mass is 16.5. The molecule has 3 heterocycles. The van der Waals surface area contributed by atoms with Crippen molar-refractivity contribution in [3.05, 3.63) is 78.2 Å². The lowest BCUT2D eigenvalue weighted by Gasteiger charge is -2.27. The Morgan fingerprint density at radius 2 is 1.87 bits per heavy atom. The highest BCUT2D eigenvalue weighted by Gasteiger charge is 2.18. The maximum Gasteiger partial charge on any atom is 0.254 e. The summed E-state index contributed by atoms with van der Waals surface area (Å²) in [4.78, 5) is 23.4. The molecule has 1 N–H and O–H groups in total. The van der Waals surface area contributed by atoms with Crippen molar-refractivity contribution in [2.24, 2.45) is 0 Å². The van der Waals surface area contributed by atoms with Crippen LogP contribution in [0.5, 0.6) is 0 Å². The van der Waals surface area contributed by atoms with Gasteiger partial charge < -0.3 is 15.0 Å². The number of ether oxygens (including phenoxy) is 1. The van der Waals surface area contributed by atoms with E-state index in [4.69, 9.17) is 4.74 Å². The molecule has 1 aliphatic heterocycles. The van der Waals surface area contributed by atoms with Gasteiger partial charge in [0.25, 0.3) is 5.91 Å². The Morgan fingerprint density at radius 1 is 1.03 bits per heavy atom. The maximum atomic E-state index is 12.8. The predicted molar refractivity (Wildman–Crippen MR) is 117 cm³/mol. The van der Waals surface area contributed by atoms with E-state index >= 15 is 0 Å². The van der Waals surface area contributed by atoms with Crippen molar-refractivity contribution in [2.45, 2.75) is 6.54 Å². The van der Waals surface area contributed by atoms with Gasteiger partial charge in [-0.3, -0.25) is 4.79 Å². The van der Waals surface area contributed by atoms with Gasteiger partial charge in [0.1, 0.15) is 12.1 Å². The number of rotatable bonds is 5. The summed E-state index contributed by atoms with van der Waals surface area (Å²) in [6, 6.07) is 17.6. The summed E-state index contributed by atoms with van der Waals surface area (Å²) in [6.45, 7) is 2.98. The number of hydrogen-bond acceptors (Lipinski definition) is 6. The standard InChI is InChI=1S/C23H22N6O2/c30-23(28-9-11-31-12-10-28)18-6-4-5-17(13-18)14-24-21-20-15-27-29(22(20)26-16-25-21)19-7-2-1-3-8-19/h1-8,13,15-16H,9-12,14H2,(H,24,25,26). The molecule has 0 spiro atoms. The number of fused-ring (bicyclic) bond motifs is 1. The van der Waals surface area contributed by atoms with Gasteiger partial charge in [-0.1, -0.05) is 30.3 Å². The van der Waals surface area contributed by atoms with E-state index in [2.05, 4.69) is 20.4 Å². The molecule has 0 radical (unpaired) electrons. The van der Waals surface area contributed by atoms with Crippen LogP contribution < -0.4 is 5.32 Å². The van der Waals surface area contributed by atoms with Crippen molar-refractivity contribution in [3.63, 3.8) is 0 Å². The summed E-state index contributed by atoms with van der Waals surface area (Å²) in [5.74, 6) is 0.746. The van der Waals surface area contributed by atoms with Gasteiger partial charge >= 0.3 is 0 Å². The second kappa shape index (κ2) is 8.53. The Hall–Kier alpha value is -3.78. The zero-order chi connectivity index (χ0) is 21.0. The van der Waals surface area contributed by atoms with Gasteiger partial charge in [-0.15, -0.1) is 0 Å². The lowest BCUT2D eigenvalue weighted by molar-refractivity contribution is 0.0303. The Labute approximate surface area is 179 Å². The molecule has 4 aromatic rings. The molecule has 8 heteroatoms. The summed E-state index contributed by atoms with van der Waals surface area (Å²) in [5, 5.41) is 8.69. The van der Waals surface area contributed by atoms with Crippen LogP contribution >= 0.6 is 0 Å². The Balaban J connectivity index is 1.34. The number of amides is 1. The minimum Gasteiger partial charge on any atom is -0.378 e. The second-order valence-electron chi connectivity index (χ2n) is 7.31. The first kappa shape index (κ1) is 19.2. The summed E-state index contributed by atoms with van der Waals surface area (Å²) in [7, 11) is 0. The SMILES string of the molecule is O=C(c1cccc(CNc2ncnc3c2cnn3-c2ccccc2)c1)N1CCOCC1. The van der Waals surface area contributed by atoms with Crippen molar-refractivity contribution < 1.29 is 9.53 Å². The van der Waals surface area contributed by atoms with Crippen LogP contribution in [0.2, 0.25) is 0 Å². The summed E-state index contributed by atoms with van der Waals surface area (Å²) in [5.41, 5.74) is 3.36. The van der Waals surface area contributed by atoms with Gasteiger partial charge in [0.2, 0.25) is 0 Å². The normalized spacial score (nSPS) is 14.0. The van der Waals surface area contributed by atoms with E-state index in [-0.39, 0.29) is 5.91 Å². The highest BCUT2D eigenvalue weighted by Crippen LogP contribution is 2.22. The fourth-order valence-electron chi connectivity index (χ4n) is 3.69. The molecular weight excluding hydrogens is 392 g/mol. The first-order valence-corrected chi connectivity index (χ1v) is 10.2. The minimum absolute atomic E-state index is 0.0405. The third kappa shape index (κ3) is 3.97. The fraction of sp³-hybridized carbons (Fsp3) is 0.217. The van der Waals surface area contributed by atoms with E-state index in [1.54, 1.807) is 10.9 Å². The van der Waals surface area contributed by atoms with E-state index < -0.39 is 0 Å². The van der Waals surface area contributed by atoms with E-state index in [0.29, 0.717) is 44.2 Å². The van der Waals surface area contributed by atoms with Crippen molar-refractivity contribution in [2.75, 3.05) is 31.6 Å². The number of carbonyl (C=O) groups is 1. The molecule has 0 unspecified atom stereocenters. The molecular formula is C23H22N6O2. The number of aromatic nitrogens is 4. The number of nitrogens with zero attached hydrogens (tertiary/aromatic N) is 5. The van der Waals surface area contributed by atoms with Gasteiger partial charge in [-0.2, -0.15) is 5.10 Å². The Kier molecular flexibility index (Phi) is 5.28. The molecule has 1 amide bonds. The largest absolute Gasteiger partial charge is 0.378 e. The van der Waals surface area contributed by atoms with Crippen LogP contribution in [-0.2, 0) is 11.3 Å². The number of morpholine rings is 1. The number of anilines is 1. The maximum absolute atomic E-state index is 12.8. The van der Waals surface area contributed by atoms with Gasteiger partial charge in [0.05, 0.1) is 30.5 Å². The molecule has 2 aromatic heterocycles. The molecule has 1 saturated heterocycles. The quantitative estimate of drug-likeness (QED) is 0.541. The van der Waals surface area contributed by atoms with E-state index in [0.717, 1.165) is 22.3 Å². The van der Waals surface area contributed by atoms with E-state index in [9.17, 15) is 4.79 Å². The average molecular weight is 414 g/mol. The first-order valence-electron chi connectivity index (χ1n) is 10.2. The summed E-state index contributed by atoms with van der Waals surface area (Å²) >= 11 is 0. The predicted octanol–water partition coefficient (Wildman–Crippen LogP) is 2.90. The number of carbonyl (C=O) groups excluding carboxylic acids is 1. The van der Waals surface area contributed by atoms with Crippen LogP contribution in [0.1, 0.15) is 15.9 Å². The monoisotopic (exact) mass is 414 g/mol. The Bertz CT molecular complexity index is 1200. The molecule has 156 valence electrons. The van der Waals surface area contributed by atoms with Crippen LogP contribution in [0, 0.1) is 0 Å². The topological polar surface area (TPSA) is 85.2 Å². The van der Waals surface area contributed by atoms with Gasteiger partial charge in [0.15, 0.2) is 5.65 Å². The molecule has 0 saturated carbocycles. The molecule has 1 aliphatic rings. The summed E-state index contributed by atoms with van der Waals surface area (Å²) < 4.78 is 7.13.